The number of H-pyrrole nitrogens is 1. The van der Waals surface area contributed by atoms with Crippen LogP contribution in [-0.2, 0) is 16.1 Å². The molecule has 0 aliphatic heterocycles. The number of aromatic nitrogens is 2. The van der Waals surface area contributed by atoms with Gasteiger partial charge in [0.2, 0.25) is 0 Å². The van der Waals surface area contributed by atoms with Gasteiger partial charge in [0.15, 0.2) is 0 Å². The molecule has 128 valence electrons. The Labute approximate surface area is 145 Å². The van der Waals surface area contributed by atoms with Crippen LogP contribution in [0.15, 0.2) is 65.5 Å². The molecule has 0 amide bonds. The van der Waals surface area contributed by atoms with Crippen LogP contribution in [0.4, 0.5) is 0 Å². The Morgan fingerprint density at radius 2 is 1.60 bits per heavy atom. The Balaban J connectivity index is 2.01. The van der Waals surface area contributed by atoms with Crippen molar-refractivity contribution in [2.24, 2.45) is 0 Å². The zero-order valence-corrected chi connectivity index (χ0v) is 14.1. The summed E-state index contributed by atoms with van der Waals surface area (Å²) >= 11 is 0. The van der Waals surface area contributed by atoms with Gasteiger partial charge in [-0.25, -0.2) is 4.79 Å². The van der Waals surface area contributed by atoms with Crippen LogP contribution < -0.4 is 5.69 Å². The van der Waals surface area contributed by atoms with Gasteiger partial charge in [-0.3, -0.25) is 9.36 Å². The van der Waals surface area contributed by atoms with Gasteiger partial charge in [-0.05, 0) is 6.42 Å². The van der Waals surface area contributed by atoms with E-state index in [4.69, 9.17) is 4.74 Å². The topological polar surface area (TPSA) is 64.1 Å². The molecule has 5 nitrogen and oxygen atoms in total. The predicted molar refractivity (Wildman–Crippen MR) is 97.2 cm³/mol. The first-order chi connectivity index (χ1) is 12.2. The fraction of sp³-hybridized carbons (Fsp3) is 0.200. The zero-order valence-electron chi connectivity index (χ0n) is 14.1. The van der Waals surface area contributed by atoms with Crippen LogP contribution in [0, 0.1) is 0 Å². The molecule has 3 aromatic rings. The maximum Gasteiger partial charge on any atom is 0.326 e. The molecule has 0 saturated carbocycles. The largest absolute Gasteiger partial charge is 0.466 e. The highest BCUT2D eigenvalue weighted by Crippen LogP contribution is 2.29. The summed E-state index contributed by atoms with van der Waals surface area (Å²) in [5.41, 5.74) is 3.40. The van der Waals surface area contributed by atoms with Gasteiger partial charge in [0.1, 0.15) is 0 Å². The van der Waals surface area contributed by atoms with E-state index in [1.807, 2.05) is 60.7 Å². The van der Waals surface area contributed by atoms with Crippen molar-refractivity contribution in [3.8, 4) is 22.5 Å². The normalized spacial score (nSPS) is 10.6. The van der Waals surface area contributed by atoms with Gasteiger partial charge >= 0.3 is 11.7 Å². The Hall–Kier alpha value is -3.08. The van der Waals surface area contributed by atoms with E-state index >= 15 is 0 Å². The van der Waals surface area contributed by atoms with Crippen molar-refractivity contribution in [2.45, 2.75) is 19.9 Å². The van der Waals surface area contributed by atoms with Gasteiger partial charge in [-0.2, -0.15) is 0 Å². The predicted octanol–water partition coefficient (Wildman–Crippen LogP) is 3.46. The minimum Gasteiger partial charge on any atom is -0.466 e. The summed E-state index contributed by atoms with van der Waals surface area (Å²) in [7, 11) is 0. The third-order valence-electron chi connectivity index (χ3n) is 3.92. The molecule has 1 aromatic heterocycles. The lowest BCUT2D eigenvalue weighted by Gasteiger charge is -2.10. The van der Waals surface area contributed by atoms with E-state index in [2.05, 4.69) is 4.98 Å². The molecule has 1 heterocycles. The van der Waals surface area contributed by atoms with Crippen LogP contribution in [0.25, 0.3) is 22.5 Å². The Morgan fingerprint density at radius 3 is 2.20 bits per heavy atom. The lowest BCUT2D eigenvalue weighted by atomic mass is 10.0. The molecule has 0 bridgehead atoms. The smallest absolute Gasteiger partial charge is 0.326 e. The molecule has 5 heteroatoms. The number of ether oxygens (including phenoxy) is 1. The van der Waals surface area contributed by atoms with Crippen molar-refractivity contribution in [2.75, 3.05) is 6.61 Å². The van der Waals surface area contributed by atoms with E-state index in [1.165, 1.54) is 6.92 Å². The van der Waals surface area contributed by atoms with Crippen molar-refractivity contribution in [3.05, 3.63) is 71.1 Å². The fourth-order valence-electron chi connectivity index (χ4n) is 2.83. The zero-order chi connectivity index (χ0) is 17.6. The van der Waals surface area contributed by atoms with Crippen LogP contribution in [-0.4, -0.2) is 22.1 Å². The molecule has 1 N–H and O–H groups in total. The number of rotatable bonds is 6. The van der Waals surface area contributed by atoms with Crippen molar-refractivity contribution < 1.29 is 9.53 Å². The number of carbonyl (C=O) groups excluding carboxylic acids is 1. The molecule has 2 aromatic carbocycles. The van der Waals surface area contributed by atoms with Crippen LogP contribution in [0.5, 0.6) is 0 Å². The van der Waals surface area contributed by atoms with E-state index in [9.17, 15) is 9.59 Å². The molecule has 0 unspecified atom stereocenters. The highest BCUT2D eigenvalue weighted by Gasteiger charge is 2.17. The summed E-state index contributed by atoms with van der Waals surface area (Å²) < 4.78 is 6.69. The summed E-state index contributed by atoms with van der Waals surface area (Å²) in [4.78, 5) is 26.4. The lowest BCUT2D eigenvalue weighted by Crippen LogP contribution is -2.19. The lowest BCUT2D eigenvalue weighted by molar-refractivity contribution is -0.141. The molecule has 0 atom stereocenters. The monoisotopic (exact) mass is 336 g/mol. The number of aromatic amines is 1. The van der Waals surface area contributed by atoms with Gasteiger partial charge in [0, 0.05) is 24.6 Å². The molecule has 0 fully saturated rings. The number of hydrogen-bond donors (Lipinski definition) is 1. The maximum atomic E-state index is 12.5. The summed E-state index contributed by atoms with van der Waals surface area (Å²) in [6.07, 6.45) is 0.575. The van der Waals surface area contributed by atoms with Crippen molar-refractivity contribution >= 4 is 5.97 Å². The fourth-order valence-corrected chi connectivity index (χ4v) is 2.83. The van der Waals surface area contributed by atoms with Crippen molar-refractivity contribution in [3.63, 3.8) is 0 Å². The minimum absolute atomic E-state index is 0.166. The summed E-state index contributed by atoms with van der Waals surface area (Å²) in [6.45, 7) is 2.15. The Morgan fingerprint density at radius 1 is 1.00 bits per heavy atom. The molecule has 3 rings (SSSR count). The third kappa shape index (κ3) is 3.88. The maximum absolute atomic E-state index is 12.5. The number of nitrogens with one attached hydrogen (secondary N) is 1. The molecule has 0 aliphatic carbocycles. The number of imidazole rings is 1. The Kier molecular flexibility index (Phi) is 5.14. The van der Waals surface area contributed by atoms with Crippen LogP contribution >= 0.6 is 0 Å². The van der Waals surface area contributed by atoms with Crippen LogP contribution in [0.3, 0.4) is 0 Å². The van der Waals surface area contributed by atoms with Gasteiger partial charge in [-0.15, -0.1) is 0 Å². The number of esters is 1. The quantitative estimate of drug-likeness (QED) is 0.554. The number of nitrogens with zero attached hydrogens (tertiary/aromatic N) is 1. The third-order valence-corrected chi connectivity index (χ3v) is 3.92. The average Bonchev–Trinajstić information content (AvgIpc) is 2.96. The standard InChI is InChI=1S/C20H20N2O3/c1-15(23)25-14-8-13-22-19(17-11-6-3-7-12-17)18(21-20(22)24)16-9-4-2-5-10-16/h2-7,9-12H,8,13-14H2,1H3,(H,21,24). The first-order valence-electron chi connectivity index (χ1n) is 8.24. The first-order valence-corrected chi connectivity index (χ1v) is 8.24. The summed E-state index contributed by atoms with van der Waals surface area (Å²) in [5.74, 6) is -0.310. The number of benzene rings is 2. The molecule has 25 heavy (non-hydrogen) atoms. The van der Waals surface area contributed by atoms with E-state index < -0.39 is 0 Å². The second kappa shape index (κ2) is 7.66. The number of carbonyl (C=O) groups is 1. The van der Waals surface area contributed by atoms with Gasteiger partial charge < -0.3 is 9.72 Å². The highest BCUT2D eigenvalue weighted by molar-refractivity contribution is 5.78. The van der Waals surface area contributed by atoms with Crippen LogP contribution in [0.1, 0.15) is 13.3 Å². The van der Waals surface area contributed by atoms with E-state index in [0.29, 0.717) is 19.6 Å². The molecule has 0 saturated heterocycles. The average molecular weight is 336 g/mol. The van der Waals surface area contributed by atoms with E-state index in [1.54, 1.807) is 4.57 Å². The van der Waals surface area contributed by atoms with Crippen LogP contribution in [0.2, 0.25) is 0 Å². The van der Waals surface area contributed by atoms with Crippen molar-refractivity contribution in [1.82, 2.24) is 9.55 Å². The molecular formula is C20H20N2O3. The first kappa shape index (κ1) is 16.8. The molecule has 0 spiro atoms. The van der Waals surface area contributed by atoms with E-state index in [0.717, 1.165) is 22.5 Å². The second-order valence-corrected chi connectivity index (χ2v) is 5.73. The Bertz CT molecular complexity index is 896. The number of hydrogen-bond acceptors (Lipinski definition) is 3. The summed E-state index contributed by atoms with van der Waals surface area (Å²) in [6, 6.07) is 19.6. The SMILES string of the molecule is CC(=O)OCCCn1c(-c2ccccc2)c(-c2ccccc2)[nH]c1=O. The molecule has 0 aliphatic rings. The van der Waals surface area contributed by atoms with E-state index in [-0.39, 0.29) is 11.7 Å². The molecule has 0 radical (unpaired) electrons. The van der Waals surface area contributed by atoms with Crippen molar-refractivity contribution in [1.29, 1.82) is 0 Å². The second-order valence-electron chi connectivity index (χ2n) is 5.73. The van der Waals surface area contributed by atoms with Gasteiger partial charge in [0.25, 0.3) is 0 Å². The minimum atomic E-state index is -0.310. The highest BCUT2D eigenvalue weighted by atomic mass is 16.5. The molecular weight excluding hydrogens is 316 g/mol. The van der Waals surface area contributed by atoms with Gasteiger partial charge in [0.05, 0.1) is 18.0 Å². The van der Waals surface area contributed by atoms with Gasteiger partial charge in [-0.1, -0.05) is 60.7 Å². The summed E-state index contributed by atoms with van der Waals surface area (Å²) in [5, 5.41) is 0.